The first kappa shape index (κ1) is 20.3. The van der Waals surface area contributed by atoms with E-state index in [1.165, 1.54) is 18.5 Å². The maximum absolute atomic E-state index is 12.7. The van der Waals surface area contributed by atoms with E-state index in [2.05, 4.69) is 30.4 Å². The lowest BCUT2D eigenvalue weighted by atomic mass is 10.0. The summed E-state index contributed by atoms with van der Waals surface area (Å²) in [5.74, 6) is 0.930. The van der Waals surface area contributed by atoms with Crippen molar-refractivity contribution >= 4 is 22.8 Å². The summed E-state index contributed by atoms with van der Waals surface area (Å²) in [5, 5.41) is 7.43. The number of nitrogens with zero attached hydrogens (tertiary/aromatic N) is 5. The van der Waals surface area contributed by atoms with Crippen LogP contribution in [0.25, 0.3) is 33.5 Å². The molecule has 0 atom stereocenters. The van der Waals surface area contributed by atoms with Gasteiger partial charge >= 0.3 is 0 Å². The lowest BCUT2D eigenvalue weighted by Crippen LogP contribution is -2.15. The van der Waals surface area contributed by atoms with Crippen LogP contribution < -0.4 is 5.32 Å². The molecule has 1 saturated carbocycles. The third-order valence-corrected chi connectivity index (χ3v) is 6.10. The van der Waals surface area contributed by atoms with Crippen LogP contribution in [0.2, 0.25) is 0 Å². The van der Waals surface area contributed by atoms with Gasteiger partial charge in [0, 0.05) is 42.8 Å². The van der Waals surface area contributed by atoms with Gasteiger partial charge in [0.15, 0.2) is 0 Å². The minimum Gasteiger partial charge on any atom is -0.353 e. The molecule has 2 N–H and O–H groups in total. The van der Waals surface area contributed by atoms with Gasteiger partial charge in [-0.15, -0.1) is 0 Å². The second kappa shape index (κ2) is 8.22. The Balaban J connectivity index is 1.30. The van der Waals surface area contributed by atoms with Crippen LogP contribution >= 0.6 is 0 Å². The molecule has 34 heavy (non-hydrogen) atoms. The number of amides is 1. The summed E-state index contributed by atoms with van der Waals surface area (Å²) < 4.78 is 1.89. The number of fused-ring (bicyclic) bond motifs is 1. The Morgan fingerprint density at radius 2 is 1.94 bits per heavy atom. The van der Waals surface area contributed by atoms with E-state index >= 15 is 0 Å². The fraction of sp³-hybridized carbons (Fsp3) is 0.192. The summed E-state index contributed by atoms with van der Waals surface area (Å²) >= 11 is 0. The predicted molar refractivity (Wildman–Crippen MR) is 130 cm³/mol. The standard InChI is InChI=1S/C26H23N7O/c1-33-21(16-7-8-16)14-18(32-33)15-23(34)31-22-13-17(9-12-28-22)25-24(19-5-2-3-10-27-19)26-20(30-25)6-4-11-29-26/h2-6,9-14,16,30H,7-8,15H2,1H3,(H,28,31,34). The second-order valence-corrected chi connectivity index (χ2v) is 8.60. The third-order valence-electron chi connectivity index (χ3n) is 6.10. The molecule has 5 heterocycles. The quantitative estimate of drug-likeness (QED) is 0.398. The molecule has 0 aliphatic heterocycles. The number of aromatic amines is 1. The Kier molecular flexibility index (Phi) is 4.91. The highest BCUT2D eigenvalue weighted by Gasteiger charge is 2.27. The molecule has 0 bridgehead atoms. The van der Waals surface area contributed by atoms with E-state index in [0.717, 1.165) is 39.2 Å². The number of pyridine rings is 3. The predicted octanol–water partition coefficient (Wildman–Crippen LogP) is 4.48. The maximum Gasteiger partial charge on any atom is 0.231 e. The number of aromatic nitrogens is 6. The summed E-state index contributed by atoms with van der Waals surface area (Å²) in [4.78, 5) is 29.7. The van der Waals surface area contributed by atoms with Gasteiger partial charge in [-0.3, -0.25) is 19.4 Å². The zero-order chi connectivity index (χ0) is 23.1. The number of rotatable bonds is 6. The molecule has 1 aliphatic carbocycles. The Labute approximate surface area is 196 Å². The largest absolute Gasteiger partial charge is 0.353 e. The van der Waals surface area contributed by atoms with Gasteiger partial charge in [-0.05, 0) is 55.3 Å². The fourth-order valence-corrected chi connectivity index (χ4v) is 4.39. The normalized spacial score (nSPS) is 13.3. The van der Waals surface area contributed by atoms with Crippen molar-refractivity contribution in [3.05, 3.63) is 78.5 Å². The minimum atomic E-state index is -0.145. The third kappa shape index (κ3) is 3.83. The Bertz CT molecular complexity index is 1500. The summed E-state index contributed by atoms with van der Waals surface area (Å²) in [6.45, 7) is 0. The van der Waals surface area contributed by atoms with E-state index in [1.54, 1.807) is 18.6 Å². The van der Waals surface area contributed by atoms with Crippen LogP contribution in [0.5, 0.6) is 0 Å². The number of H-pyrrole nitrogens is 1. The molecule has 5 aromatic heterocycles. The topological polar surface area (TPSA) is 101 Å². The van der Waals surface area contributed by atoms with Gasteiger partial charge in [-0.2, -0.15) is 5.10 Å². The van der Waals surface area contributed by atoms with Crippen LogP contribution in [0.1, 0.15) is 30.1 Å². The zero-order valence-corrected chi connectivity index (χ0v) is 18.7. The molecule has 5 aromatic rings. The molecule has 0 unspecified atom stereocenters. The van der Waals surface area contributed by atoms with Gasteiger partial charge in [0.1, 0.15) is 5.82 Å². The Morgan fingerprint density at radius 3 is 2.76 bits per heavy atom. The average Bonchev–Trinajstić information content (AvgIpc) is 3.52. The van der Waals surface area contributed by atoms with E-state index in [1.807, 2.05) is 60.3 Å². The van der Waals surface area contributed by atoms with Gasteiger partial charge in [0.2, 0.25) is 5.91 Å². The summed E-state index contributed by atoms with van der Waals surface area (Å²) in [7, 11) is 1.94. The summed E-state index contributed by atoms with van der Waals surface area (Å²) in [6, 6.07) is 15.5. The van der Waals surface area contributed by atoms with Crippen LogP contribution in [0, 0.1) is 0 Å². The van der Waals surface area contributed by atoms with E-state index in [-0.39, 0.29) is 12.3 Å². The lowest BCUT2D eigenvalue weighted by Gasteiger charge is -2.07. The first-order valence-electron chi connectivity index (χ1n) is 11.3. The molecular formula is C26H23N7O. The van der Waals surface area contributed by atoms with Gasteiger partial charge in [0.05, 0.1) is 40.1 Å². The van der Waals surface area contributed by atoms with Crippen molar-refractivity contribution in [2.75, 3.05) is 5.32 Å². The van der Waals surface area contributed by atoms with Crippen molar-refractivity contribution in [3.63, 3.8) is 0 Å². The number of hydrogen-bond donors (Lipinski definition) is 2. The molecule has 0 radical (unpaired) electrons. The number of anilines is 1. The first-order valence-corrected chi connectivity index (χ1v) is 11.3. The van der Waals surface area contributed by atoms with Crippen LogP contribution in [-0.2, 0) is 18.3 Å². The van der Waals surface area contributed by atoms with Crippen molar-refractivity contribution in [1.29, 1.82) is 0 Å². The molecule has 1 fully saturated rings. The molecule has 8 nitrogen and oxygen atoms in total. The molecule has 168 valence electrons. The SMILES string of the molecule is Cn1nc(CC(=O)Nc2cc(-c3[nH]c4cccnc4c3-c3ccccn3)ccn2)cc1C1CC1. The molecule has 1 aliphatic rings. The number of hydrogen-bond acceptors (Lipinski definition) is 5. The lowest BCUT2D eigenvalue weighted by molar-refractivity contribution is -0.115. The summed E-state index contributed by atoms with van der Waals surface area (Å²) in [5.41, 5.74) is 7.26. The number of carbonyl (C=O) groups excluding carboxylic acids is 1. The zero-order valence-electron chi connectivity index (χ0n) is 18.7. The molecule has 0 saturated heterocycles. The highest BCUT2D eigenvalue weighted by atomic mass is 16.1. The molecule has 6 rings (SSSR count). The highest BCUT2D eigenvalue weighted by molar-refractivity contribution is 6.01. The maximum atomic E-state index is 12.7. The highest BCUT2D eigenvalue weighted by Crippen LogP contribution is 2.40. The van der Waals surface area contributed by atoms with E-state index < -0.39 is 0 Å². The second-order valence-electron chi connectivity index (χ2n) is 8.60. The monoisotopic (exact) mass is 449 g/mol. The van der Waals surface area contributed by atoms with E-state index in [4.69, 9.17) is 0 Å². The Morgan fingerprint density at radius 1 is 1.06 bits per heavy atom. The van der Waals surface area contributed by atoms with Gasteiger partial charge in [-0.1, -0.05) is 6.07 Å². The number of aryl methyl sites for hydroxylation is 1. The van der Waals surface area contributed by atoms with Crippen molar-refractivity contribution in [1.82, 2.24) is 29.7 Å². The van der Waals surface area contributed by atoms with Gasteiger partial charge in [0.25, 0.3) is 0 Å². The molecular weight excluding hydrogens is 426 g/mol. The van der Waals surface area contributed by atoms with Crippen LogP contribution in [0.4, 0.5) is 5.82 Å². The molecule has 0 aromatic carbocycles. The van der Waals surface area contributed by atoms with Crippen molar-refractivity contribution in [3.8, 4) is 22.5 Å². The summed E-state index contributed by atoms with van der Waals surface area (Å²) in [6.07, 6.45) is 7.85. The molecule has 1 amide bonds. The smallest absolute Gasteiger partial charge is 0.231 e. The molecule has 0 spiro atoms. The first-order chi connectivity index (χ1) is 16.7. The van der Waals surface area contributed by atoms with E-state index in [0.29, 0.717) is 11.7 Å². The molecule has 8 heteroatoms. The Hall–Kier alpha value is -4.33. The van der Waals surface area contributed by atoms with Crippen molar-refractivity contribution in [2.45, 2.75) is 25.2 Å². The number of nitrogens with one attached hydrogen (secondary N) is 2. The minimum absolute atomic E-state index is 0.145. The fourth-order valence-electron chi connectivity index (χ4n) is 4.39. The van der Waals surface area contributed by atoms with Crippen LogP contribution in [0.3, 0.4) is 0 Å². The average molecular weight is 450 g/mol. The van der Waals surface area contributed by atoms with Gasteiger partial charge < -0.3 is 10.3 Å². The van der Waals surface area contributed by atoms with Crippen molar-refractivity contribution < 1.29 is 4.79 Å². The van der Waals surface area contributed by atoms with Crippen LogP contribution in [0.15, 0.2) is 67.1 Å². The van der Waals surface area contributed by atoms with Crippen LogP contribution in [-0.4, -0.2) is 35.6 Å². The van der Waals surface area contributed by atoms with E-state index in [9.17, 15) is 4.79 Å². The van der Waals surface area contributed by atoms with Crippen molar-refractivity contribution in [2.24, 2.45) is 7.05 Å². The van der Waals surface area contributed by atoms with Gasteiger partial charge in [-0.25, -0.2) is 4.98 Å². The number of carbonyl (C=O) groups is 1.